The molecule has 0 fully saturated rings. The van der Waals surface area contributed by atoms with Gasteiger partial charge in [0.05, 0.1) is 5.02 Å². The third-order valence-corrected chi connectivity index (χ3v) is 3.29. The summed E-state index contributed by atoms with van der Waals surface area (Å²) in [5, 5.41) is 6.00. The van der Waals surface area contributed by atoms with Crippen molar-refractivity contribution in [1.82, 2.24) is 15.0 Å². The number of rotatable bonds is 8. The molecule has 2 N–H and O–H groups in total. The molecule has 1 unspecified atom stereocenters. The fourth-order valence-electron chi connectivity index (χ4n) is 1.81. The van der Waals surface area contributed by atoms with E-state index in [0.29, 0.717) is 29.8 Å². The zero-order valence-corrected chi connectivity index (χ0v) is 14.4. The maximum Gasteiger partial charge on any atom is 0.306 e. The molecular weight excluding hydrogens is 346 g/mol. The highest BCUT2D eigenvalue weighted by Crippen LogP contribution is 2.10. The largest absolute Gasteiger partial charge is 0.453 e. The van der Waals surface area contributed by atoms with Crippen molar-refractivity contribution in [3.8, 4) is 0 Å². The number of hydrogen-bond donors (Lipinski definition) is 2. The van der Waals surface area contributed by atoms with Crippen molar-refractivity contribution < 1.29 is 14.3 Å². The summed E-state index contributed by atoms with van der Waals surface area (Å²) >= 11 is 5.72. The second-order valence-electron chi connectivity index (χ2n) is 5.09. The number of ether oxygens (including phenoxy) is 1. The number of pyridine rings is 1. The Morgan fingerprint density at radius 3 is 2.68 bits per heavy atom. The Morgan fingerprint density at radius 2 is 2.00 bits per heavy atom. The summed E-state index contributed by atoms with van der Waals surface area (Å²) in [7, 11) is 0. The molecule has 0 aliphatic carbocycles. The number of aromatic nitrogens is 3. The molecule has 132 valence electrons. The van der Waals surface area contributed by atoms with Gasteiger partial charge in [-0.25, -0.2) is 15.0 Å². The molecule has 0 aromatic carbocycles. The monoisotopic (exact) mass is 363 g/mol. The number of amides is 1. The number of nitrogens with one attached hydrogen (secondary N) is 2. The van der Waals surface area contributed by atoms with Crippen LogP contribution in [-0.4, -0.2) is 39.5 Å². The molecule has 25 heavy (non-hydrogen) atoms. The van der Waals surface area contributed by atoms with Gasteiger partial charge in [-0.1, -0.05) is 11.6 Å². The fraction of sp³-hybridized carbons (Fsp3) is 0.312. The van der Waals surface area contributed by atoms with Gasteiger partial charge in [0.15, 0.2) is 6.10 Å². The standard InChI is InChI=1S/C16H18ClN5O3/c1-11(15(24)22-13-6-5-12(17)10-21-13)25-14(23)4-2-7-18-16-19-8-3-9-20-16/h3,5-6,8-11H,2,4,7H2,1H3,(H,18,19,20)(H,21,22,24). The predicted molar refractivity (Wildman–Crippen MR) is 93.2 cm³/mol. The van der Waals surface area contributed by atoms with Gasteiger partial charge in [-0.05, 0) is 31.5 Å². The van der Waals surface area contributed by atoms with Crippen molar-refractivity contribution in [3.05, 3.63) is 41.8 Å². The molecule has 0 saturated heterocycles. The Labute approximate surface area is 150 Å². The van der Waals surface area contributed by atoms with Crippen molar-refractivity contribution in [2.75, 3.05) is 17.2 Å². The summed E-state index contributed by atoms with van der Waals surface area (Å²) in [4.78, 5) is 35.7. The number of carbonyl (C=O) groups excluding carboxylic acids is 2. The molecule has 2 aromatic rings. The first-order valence-electron chi connectivity index (χ1n) is 7.67. The highest BCUT2D eigenvalue weighted by Gasteiger charge is 2.18. The Morgan fingerprint density at radius 1 is 1.24 bits per heavy atom. The fourth-order valence-corrected chi connectivity index (χ4v) is 1.92. The number of nitrogens with zero attached hydrogens (tertiary/aromatic N) is 3. The molecule has 1 amide bonds. The first-order chi connectivity index (χ1) is 12.0. The molecule has 1 atom stereocenters. The van der Waals surface area contributed by atoms with Crippen molar-refractivity contribution in [3.63, 3.8) is 0 Å². The lowest BCUT2D eigenvalue weighted by atomic mass is 10.3. The SMILES string of the molecule is CC(OC(=O)CCCNc1ncccn1)C(=O)Nc1ccc(Cl)cn1. The van der Waals surface area contributed by atoms with E-state index in [1.165, 1.54) is 13.1 Å². The van der Waals surface area contributed by atoms with Crippen LogP contribution < -0.4 is 10.6 Å². The first-order valence-corrected chi connectivity index (χ1v) is 8.05. The van der Waals surface area contributed by atoms with E-state index in [1.54, 1.807) is 30.6 Å². The van der Waals surface area contributed by atoms with Crippen molar-refractivity contribution in [2.24, 2.45) is 0 Å². The van der Waals surface area contributed by atoms with Gasteiger partial charge >= 0.3 is 5.97 Å². The molecule has 0 aliphatic heterocycles. The molecule has 0 saturated carbocycles. The van der Waals surface area contributed by atoms with Crippen molar-refractivity contribution in [1.29, 1.82) is 0 Å². The van der Waals surface area contributed by atoms with Crippen LogP contribution in [0.2, 0.25) is 5.02 Å². The maximum atomic E-state index is 12.0. The van der Waals surface area contributed by atoms with Gasteiger partial charge in [0.1, 0.15) is 5.82 Å². The van der Waals surface area contributed by atoms with Gasteiger partial charge in [0.25, 0.3) is 5.91 Å². The van der Waals surface area contributed by atoms with E-state index in [1.807, 2.05) is 0 Å². The zero-order chi connectivity index (χ0) is 18.1. The van der Waals surface area contributed by atoms with Gasteiger partial charge in [-0.2, -0.15) is 0 Å². The van der Waals surface area contributed by atoms with Gasteiger partial charge in [-0.3, -0.25) is 9.59 Å². The molecule has 2 rings (SSSR count). The lowest BCUT2D eigenvalue weighted by Crippen LogP contribution is -2.30. The van der Waals surface area contributed by atoms with Crippen LogP contribution in [0.15, 0.2) is 36.8 Å². The van der Waals surface area contributed by atoms with Crippen LogP contribution in [0.3, 0.4) is 0 Å². The van der Waals surface area contributed by atoms with E-state index in [-0.39, 0.29) is 6.42 Å². The normalized spacial score (nSPS) is 11.4. The van der Waals surface area contributed by atoms with E-state index >= 15 is 0 Å². The highest BCUT2D eigenvalue weighted by atomic mass is 35.5. The van der Waals surface area contributed by atoms with E-state index in [9.17, 15) is 9.59 Å². The third-order valence-electron chi connectivity index (χ3n) is 3.06. The minimum atomic E-state index is -0.921. The summed E-state index contributed by atoms with van der Waals surface area (Å²) in [6.07, 6.45) is 4.45. The van der Waals surface area contributed by atoms with Gasteiger partial charge < -0.3 is 15.4 Å². The van der Waals surface area contributed by atoms with Crippen LogP contribution in [0.5, 0.6) is 0 Å². The number of carbonyl (C=O) groups is 2. The topological polar surface area (TPSA) is 106 Å². The van der Waals surface area contributed by atoms with Gasteiger partial charge in [-0.15, -0.1) is 0 Å². The van der Waals surface area contributed by atoms with E-state index in [0.717, 1.165) is 0 Å². The average Bonchev–Trinajstić information content (AvgIpc) is 2.61. The molecule has 0 spiro atoms. The molecule has 2 aromatic heterocycles. The van der Waals surface area contributed by atoms with Crippen LogP contribution >= 0.6 is 11.6 Å². The lowest BCUT2D eigenvalue weighted by Gasteiger charge is -2.13. The molecular formula is C16H18ClN5O3. The summed E-state index contributed by atoms with van der Waals surface area (Å²) in [5.41, 5.74) is 0. The summed E-state index contributed by atoms with van der Waals surface area (Å²) in [6.45, 7) is 2.02. The number of halogens is 1. The Balaban J connectivity index is 1.66. The van der Waals surface area contributed by atoms with Crippen molar-refractivity contribution in [2.45, 2.75) is 25.9 Å². The molecule has 0 radical (unpaired) electrons. The molecule has 2 heterocycles. The second-order valence-corrected chi connectivity index (χ2v) is 5.52. The summed E-state index contributed by atoms with van der Waals surface area (Å²) in [5.74, 6) is -0.0788. The van der Waals surface area contributed by atoms with Gasteiger partial charge in [0, 0.05) is 31.6 Å². The van der Waals surface area contributed by atoms with Crippen LogP contribution in [0.4, 0.5) is 11.8 Å². The van der Waals surface area contributed by atoms with Crippen molar-refractivity contribution >= 4 is 35.2 Å². The Hall–Kier alpha value is -2.74. The number of esters is 1. The predicted octanol–water partition coefficient (Wildman–Crippen LogP) is 2.29. The van der Waals surface area contributed by atoms with Gasteiger partial charge in [0.2, 0.25) is 5.95 Å². The number of anilines is 2. The average molecular weight is 364 g/mol. The third kappa shape index (κ3) is 6.72. The molecule has 8 nitrogen and oxygen atoms in total. The van der Waals surface area contributed by atoms with E-state index < -0.39 is 18.0 Å². The Kier molecular flexibility index (Phi) is 7.09. The first kappa shape index (κ1) is 18.6. The van der Waals surface area contributed by atoms with E-state index in [4.69, 9.17) is 16.3 Å². The van der Waals surface area contributed by atoms with Crippen LogP contribution in [0.1, 0.15) is 19.8 Å². The number of hydrogen-bond acceptors (Lipinski definition) is 7. The highest BCUT2D eigenvalue weighted by molar-refractivity contribution is 6.30. The van der Waals surface area contributed by atoms with Crippen LogP contribution in [-0.2, 0) is 14.3 Å². The summed E-state index contributed by atoms with van der Waals surface area (Å²) < 4.78 is 5.10. The quantitative estimate of drug-likeness (QED) is 0.547. The van der Waals surface area contributed by atoms with E-state index in [2.05, 4.69) is 25.6 Å². The molecule has 0 aliphatic rings. The summed E-state index contributed by atoms with van der Waals surface area (Å²) in [6, 6.07) is 4.88. The van der Waals surface area contributed by atoms with Crippen LogP contribution in [0.25, 0.3) is 0 Å². The minimum absolute atomic E-state index is 0.177. The second kappa shape index (κ2) is 9.53. The Bertz CT molecular complexity index is 697. The molecule has 0 bridgehead atoms. The maximum absolute atomic E-state index is 12.0. The van der Waals surface area contributed by atoms with Crippen LogP contribution in [0, 0.1) is 0 Å². The lowest BCUT2D eigenvalue weighted by molar-refractivity contribution is -0.153. The smallest absolute Gasteiger partial charge is 0.306 e. The zero-order valence-electron chi connectivity index (χ0n) is 13.6. The minimum Gasteiger partial charge on any atom is -0.453 e. The molecule has 9 heteroatoms.